The fourth-order valence-corrected chi connectivity index (χ4v) is 6.65. The van der Waals surface area contributed by atoms with Crippen LogP contribution in [0.3, 0.4) is 0 Å². The second-order valence-corrected chi connectivity index (χ2v) is 9.54. The highest BCUT2D eigenvalue weighted by atomic mass is 32.1. The van der Waals surface area contributed by atoms with E-state index in [2.05, 4.69) is 92.2 Å². The molecular formula is C26H18N2S2. The topological polar surface area (TPSA) is 31.6 Å². The summed E-state index contributed by atoms with van der Waals surface area (Å²) in [7, 11) is 0. The van der Waals surface area contributed by atoms with Crippen LogP contribution in [-0.2, 0) is 0 Å². The van der Waals surface area contributed by atoms with Gasteiger partial charge in [-0.3, -0.25) is 0 Å². The van der Waals surface area contributed by atoms with Gasteiger partial charge in [0, 0.05) is 33.2 Å². The Morgan fingerprint density at radius 3 is 1.47 bits per heavy atom. The maximum absolute atomic E-state index is 3.84. The van der Waals surface area contributed by atoms with Crippen molar-refractivity contribution in [3.05, 3.63) is 116 Å². The van der Waals surface area contributed by atoms with Crippen LogP contribution < -0.4 is 0 Å². The van der Waals surface area contributed by atoms with E-state index in [1.54, 1.807) is 22.7 Å². The average molecular weight is 423 g/mol. The first-order chi connectivity index (χ1) is 14.9. The quantitative estimate of drug-likeness (QED) is 0.290. The summed E-state index contributed by atoms with van der Waals surface area (Å²) in [5.74, 6) is 0.416. The normalized spacial score (nSPS) is 18.0. The van der Waals surface area contributed by atoms with Gasteiger partial charge in [0.05, 0.1) is 11.8 Å². The van der Waals surface area contributed by atoms with Gasteiger partial charge in [0.15, 0.2) is 0 Å². The Labute approximate surface area is 181 Å². The van der Waals surface area contributed by atoms with Crippen molar-refractivity contribution in [2.45, 2.75) is 11.8 Å². The Hall–Kier alpha value is -3.08. The van der Waals surface area contributed by atoms with Crippen LogP contribution in [0.2, 0.25) is 0 Å². The van der Waals surface area contributed by atoms with Crippen molar-refractivity contribution >= 4 is 44.5 Å². The number of thiophene rings is 2. The fourth-order valence-electron chi connectivity index (χ4n) is 5.28. The molecule has 0 fully saturated rings. The summed E-state index contributed by atoms with van der Waals surface area (Å²) in [5, 5.41) is 11.6. The van der Waals surface area contributed by atoms with Gasteiger partial charge in [-0.25, -0.2) is 0 Å². The molecular weight excluding hydrogens is 404 g/mol. The minimum absolute atomic E-state index is 0.208. The second-order valence-electron chi connectivity index (χ2n) is 7.98. The molecule has 30 heavy (non-hydrogen) atoms. The minimum atomic E-state index is 0.208. The van der Waals surface area contributed by atoms with Gasteiger partial charge in [0.1, 0.15) is 0 Å². The molecule has 2 aromatic carbocycles. The van der Waals surface area contributed by atoms with Crippen LogP contribution >= 0.6 is 22.7 Å². The van der Waals surface area contributed by atoms with Gasteiger partial charge in [-0.05, 0) is 68.0 Å². The van der Waals surface area contributed by atoms with Crippen LogP contribution in [0.15, 0.2) is 82.2 Å². The first-order valence-corrected chi connectivity index (χ1v) is 12.0. The molecule has 144 valence electrons. The van der Waals surface area contributed by atoms with Gasteiger partial charge in [0.2, 0.25) is 0 Å². The molecule has 4 aromatic heterocycles. The third-order valence-corrected chi connectivity index (χ3v) is 7.86. The first kappa shape index (κ1) is 16.7. The van der Waals surface area contributed by atoms with E-state index in [4.69, 9.17) is 0 Å². The van der Waals surface area contributed by atoms with Gasteiger partial charge in [0.25, 0.3) is 0 Å². The van der Waals surface area contributed by atoms with E-state index >= 15 is 0 Å². The van der Waals surface area contributed by atoms with Gasteiger partial charge >= 0.3 is 0 Å². The molecule has 2 atom stereocenters. The van der Waals surface area contributed by atoms with Crippen LogP contribution in [0.1, 0.15) is 45.5 Å². The van der Waals surface area contributed by atoms with Crippen molar-refractivity contribution in [2.75, 3.05) is 0 Å². The summed E-state index contributed by atoms with van der Waals surface area (Å²) in [6.07, 6.45) is 0. The molecule has 0 aliphatic heterocycles. The lowest BCUT2D eigenvalue weighted by Gasteiger charge is -2.30. The Bertz CT molecular complexity index is 1380. The number of aromatic amines is 2. The number of hydrogen-bond acceptors (Lipinski definition) is 2. The molecule has 0 bridgehead atoms. The van der Waals surface area contributed by atoms with E-state index < -0.39 is 0 Å². The molecule has 2 nitrogen and oxygen atoms in total. The van der Waals surface area contributed by atoms with E-state index in [9.17, 15) is 0 Å². The molecule has 0 saturated carbocycles. The predicted molar refractivity (Wildman–Crippen MR) is 127 cm³/mol. The first-order valence-electron chi connectivity index (χ1n) is 10.2. The number of aromatic nitrogens is 2. The van der Waals surface area contributed by atoms with Crippen molar-refractivity contribution in [1.29, 1.82) is 0 Å². The highest BCUT2D eigenvalue weighted by Crippen LogP contribution is 2.53. The number of hydrogen-bond donors (Lipinski definition) is 2. The van der Waals surface area contributed by atoms with Crippen molar-refractivity contribution in [2.24, 2.45) is 0 Å². The Balaban J connectivity index is 1.66. The lowest BCUT2D eigenvalue weighted by molar-refractivity contribution is 0.805. The Morgan fingerprint density at radius 1 is 0.567 bits per heavy atom. The van der Waals surface area contributed by atoms with E-state index in [-0.39, 0.29) is 11.8 Å². The number of nitrogens with one attached hydrogen (secondary N) is 2. The lowest BCUT2D eigenvalue weighted by Crippen LogP contribution is -2.18. The van der Waals surface area contributed by atoms with Gasteiger partial charge in [-0.2, -0.15) is 22.7 Å². The number of fused-ring (bicyclic) bond motifs is 6. The smallest absolute Gasteiger partial charge is 0.0526 e. The summed E-state index contributed by atoms with van der Waals surface area (Å²) in [6.45, 7) is 0. The molecule has 6 aromatic rings. The zero-order chi connectivity index (χ0) is 19.7. The van der Waals surface area contributed by atoms with Crippen LogP contribution in [0.25, 0.3) is 21.8 Å². The summed E-state index contributed by atoms with van der Waals surface area (Å²) in [6, 6.07) is 22.1. The van der Waals surface area contributed by atoms with Crippen molar-refractivity contribution in [3.8, 4) is 0 Å². The zero-order valence-electron chi connectivity index (χ0n) is 16.1. The van der Waals surface area contributed by atoms with Gasteiger partial charge in [-0.15, -0.1) is 0 Å². The van der Waals surface area contributed by atoms with Crippen LogP contribution in [0, 0.1) is 0 Å². The molecule has 2 N–H and O–H groups in total. The largest absolute Gasteiger partial charge is 0.357 e. The fraction of sp³-hybridized carbons (Fsp3) is 0.0769. The molecule has 0 saturated heterocycles. The molecule has 2 unspecified atom stereocenters. The number of H-pyrrole nitrogens is 2. The third kappa shape index (κ3) is 2.18. The summed E-state index contributed by atoms with van der Waals surface area (Å²) in [5.41, 5.74) is 10.7. The SMILES string of the molecule is c1ccc2c3c([nH]c2c1)C(c1ccsc1)c1c([nH]c2ccccc12)C3c1ccsc1. The molecule has 1 aliphatic carbocycles. The monoisotopic (exact) mass is 422 g/mol. The summed E-state index contributed by atoms with van der Waals surface area (Å²) >= 11 is 3.55. The maximum atomic E-state index is 3.84. The highest BCUT2D eigenvalue weighted by Gasteiger charge is 2.39. The Kier molecular flexibility index (Phi) is 3.45. The highest BCUT2D eigenvalue weighted by molar-refractivity contribution is 7.08. The summed E-state index contributed by atoms with van der Waals surface area (Å²) in [4.78, 5) is 7.67. The molecule has 4 heterocycles. The molecule has 0 spiro atoms. The second kappa shape index (κ2) is 6.21. The molecule has 7 rings (SSSR count). The van der Waals surface area contributed by atoms with Crippen LogP contribution in [0.5, 0.6) is 0 Å². The number of benzene rings is 2. The minimum Gasteiger partial charge on any atom is -0.357 e. The van der Waals surface area contributed by atoms with Crippen molar-refractivity contribution in [1.82, 2.24) is 9.97 Å². The third-order valence-electron chi connectivity index (χ3n) is 6.46. The van der Waals surface area contributed by atoms with Gasteiger partial charge in [-0.1, -0.05) is 36.4 Å². The zero-order valence-corrected chi connectivity index (χ0v) is 17.7. The van der Waals surface area contributed by atoms with E-state index in [0.717, 1.165) is 0 Å². The molecule has 1 aliphatic rings. The van der Waals surface area contributed by atoms with E-state index in [1.807, 2.05) is 0 Å². The van der Waals surface area contributed by atoms with Crippen molar-refractivity contribution < 1.29 is 0 Å². The number of para-hydroxylation sites is 2. The van der Waals surface area contributed by atoms with E-state index in [0.29, 0.717) is 0 Å². The van der Waals surface area contributed by atoms with Crippen LogP contribution in [-0.4, -0.2) is 9.97 Å². The predicted octanol–water partition coefficient (Wildman–Crippen LogP) is 7.45. The lowest BCUT2D eigenvalue weighted by atomic mass is 9.73. The van der Waals surface area contributed by atoms with Crippen LogP contribution in [0.4, 0.5) is 0 Å². The maximum Gasteiger partial charge on any atom is 0.0526 e. The standard InChI is InChI=1S/C26H18N2S2/c1-3-7-19-17(5-1)23-21(15-9-11-29-13-15)26-24(18-6-2-4-8-20(18)28-26)22(25(23)27-19)16-10-12-30-14-16/h1-14,21-22,27-28H. The van der Waals surface area contributed by atoms with E-state index in [1.165, 1.54) is 55.4 Å². The molecule has 4 heteroatoms. The molecule has 0 amide bonds. The molecule has 0 radical (unpaired) electrons. The number of rotatable bonds is 2. The summed E-state index contributed by atoms with van der Waals surface area (Å²) < 4.78 is 0. The average Bonchev–Trinajstić information content (AvgIpc) is 3.58. The van der Waals surface area contributed by atoms with Crippen molar-refractivity contribution in [3.63, 3.8) is 0 Å². The van der Waals surface area contributed by atoms with Gasteiger partial charge < -0.3 is 9.97 Å². The Morgan fingerprint density at radius 2 is 1.03 bits per heavy atom.